The van der Waals surface area contributed by atoms with Gasteiger partial charge in [-0.15, -0.1) is 0 Å². The summed E-state index contributed by atoms with van der Waals surface area (Å²) in [6.07, 6.45) is 2.67. The summed E-state index contributed by atoms with van der Waals surface area (Å²) in [5.41, 5.74) is 14.1. The van der Waals surface area contributed by atoms with Crippen LogP contribution in [0, 0.1) is 0 Å². The first-order valence-electron chi connectivity index (χ1n) is 4.84. The number of hydrogen-bond acceptors (Lipinski definition) is 2. The number of amides is 1. The third-order valence-corrected chi connectivity index (χ3v) is 2.79. The van der Waals surface area contributed by atoms with Gasteiger partial charge < -0.3 is 11.5 Å². The Kier molecular flexibility index (Phi) is 2.25. The number of benzene rings is 1. The molecule has 1 aromatic rings. The molecule has 3 heteroatoms. The molecule has 1 aromatic carbocycles. The molecule has 0 spiro atoms. The van der Waals surface area contributed by atoms with Crippen molar-refractivity contribution in [3.63, 3.8) is 0 Å². The van der Waals surface area contributed by atoms with Gasteiger partial charge in [-0.05, 0) is 36.5 Å². The Balaban J connectivity index is 2.46. The fourth-order valence-corrected chi connectivity index (χ4v) is 2.07. The van der Waals surface area contributed by atoms with Crippen LogP contribution in [-0.2, 0) is 12.8 Å². The van der Waals surface area contributed by atoms with Gasteiger partial charge in [-0.3, -0.25) is 4.79 Å². The van der Waals surface area contributed by atoms with Gasteiger partial charge in [0.2, 0.25) is 5.91 Å². The lowest BCUT2D eigenvalue weighted by molar-refractivity contribution is 0.0999. The van der Waals surface area contributed by atoms with Gasteiger partial charge in [0.1, 0.15) is 0 Å². The van der Waals surface area contributed by atoms with Crippen LogP contribution in [0.15, 0.2) is 18.2 Å². The van der Waals surface area contributed by atoms with Crippen molar-refractivity contribution in [1.29, 1.82) is 0 Å². The molecule has 0 saturated carbocycles. The van der Waals surface area contributed by atoms with Crippen molar-refractivity contribution in [2.24, 2.45) is 11.5 Å². The molecule has 1 aliphatic rings. The lowest BCUT2D eigenvalue weighted by Crippen LogP contribution is -2.29. The van der Waals surface area contributed by atoms with E-state index in [0.717, 1.165) is 24.8 Å². The first-order chi connectivity index (χ1) is 6.68. The Morgan fingerprint density at radius 1 is 1.43 bits per heavy atom. The van der Waals surface area contributed by atoms with Gasteiger partial charge in [-0.2, -0.15) is 0 Å². The quantitative estimate of drug-likeness (QED) is 0.681. The van der Waals surface area contributed by atoms with Gasteiger partial charge >= 0.3 is 0 Å². The largest absolute Gasteiger partial charge is 0.366 e. The average Bonchev–Trinajstić information content (AvgIpc) is 2.16. The highest BCUT2D eigenvalue weighted by atomic mass is 16.1. The molecule has 1 aliphatic carbocycles. The number of primary amides is 1. The van der Waals surface area contributed by atoms with Crippen LogP contribution in [0.1, 0.15) is 27.9 Å². The topological polar surface area (TPSA) is 69.1 Å². The fourth-order valence-electron chi connectivity index (χ4n) is 2.07. The predicted molar refractivity (Wildman–Crippen MR) is 55.0 cm³/mol. The maximum absolute atomic E-state index is 11.1. The minimum atomic E-state index is -0.336. The molecule has 0 aliphatic heterocycles. The number of rotatable bonds is 1. The highest BCUT2D eigenvalue weighted by Crippen LogP contribution is 2.23. The van der Waals surface area contributed by atoms with Crippen LogP contribution >= 0.6 is 0 Å². The highest BCUT2D eigenvalue weighted by molar-refractivity contribution is 5.94. The van der Waals surface area contributed by atoms with Crippen molar-refractivity contribution >= 4 is 5.91 Å². The van der Waals surface area contributed by atoms with E-state index < -0.39 is 0 Å². The molecule has 2 rings (SSSR count). The Morgan fingerprint density at radius 2 is 2.21 bits per heavy atom. The number of carbonyl (C=O) groups is 1. The smallest absolute Gasteiger partial charge is 0.248 e. The van der Waals surface area contributed by atoms with E-state index in [1.54, 1.807) is 6.07 Å². The van der Waals surface area contributed by atoms with Crippen molar-refractivity contribution in [2.75, 3.05) is 0 Å². The summed E-state index contributed by atoms with van der Waals surface area (Å²) in [4.78, 5) is 11.1. The number of fused-ring (bicyclic) bond motifs is 1. The summed E-state index contributed by atoms with van der Waals surface area (Å²) in [5.74, 6) is -0.336. The van der Waals surface area contributed by atoms with Gasteiger partial charge in [-0.1, -0.05) is 12.1 Å². The zero-order valence-electron chi connectivity index (χ0n) is 7.99. The van der Waals surface area contributed by atoms with Crippen molar-refractivity contribution in [2.45, 2.75) is 25.3 Å². The molecule has 14 heavy (non-hydrogen) atoms. The number of carbonyl (C=O) groups excluding carboxylic acids is 1. The van der Waals surface area contributed by atoms with E-state index in [1.165, 1.54) is 5.56 Å². The molecule has 1 atom stereocenters. The monoisotopic (exact) mass is 190 g/mol. The minimum Gasteiger partial charge on any atom is -0.366 e. The molecule has 0 bridgehead atoms. The molecule has 1 amide bonds. The van der Waals surface area contributed by atoms with Gasteiger partial charge in [0.05, 0.1) is 0 Å². The first kappa shape index (κ1) is 9.21. The van der Waals surface area contributed by atoms with Gasteiger partial charge in [0, 0.05) is 11.6 Å². The maximum atomic E-state index is 11.1. The number of nitrogens with two attached hydrogens (primary N) is 2. The van der Waals surface area contributed by atoms with Crippen LogP contribution in [0.2, 0.25) is 0 Å². The summed E-state index contributed by atoms with van der Waals surface area (Å²) in [6.45, 7) is 0. The lowest BCUT2D eigenvalue weighted by atomic mass is 9.86. The van der Waals surface area contributed by atoms with Crippen LogP contribution in [0.25, 0.3) is 0 Å². The Bertz CT molecular complexity index is 374. The van der Waals surface area contributed by atoms with Crippen LogP contribution in [0.5, 0.6) is 0 Å². The van der Waals surface area contributed by atoms with Crippen molar-refractivity contribution in [3.8, 4) is 0 Å². The average molecular weight is 190 g/mol. The third-order valence-electron chi connectivity index (χ3n) is 2.79. The van der Waals surface area contributed by atoms with Crippen LogP contribution in [0.4, 0.5) is 0 Å². The van der Waals surface area contributed by atoms with Crippen LogP contribution in [-0.4, -0.2) is 11.9 Å². The molecular formula is C11H14N2O. The zero-order chi connectivity index (χ0) is 10.1. The molecule has 0 unspecified atom stereocenters. The van der Waals surface area contributed by atoms with Crippen molar-refractivity contribution in [3.05, 3.63) is 34.9 Å². The summed E-state index contributed by atoms with van der Waals surface area (Å²) < 4.78 is 0. The van der Waals surface area contributed by atoms with E-state index in [0.29, 0.717) is 5.56 Å². The van der Waals surface area contributed by atoms with E-state index in [4.69, 9.17) is 11.5 Å². The zero-order valence-corrected chi connectivity index (χ0v) is 7.99. The molecule has 4 N–H and O–H groups in total. The van der Waals surface area contributed by atoms with Crippen molar-refractivity contribution < 1.29 is 4.79 Å². The van der Waals surface area contributed by atoms with E-state index >= 15 is 0 Å². The van der Waals surface area contributed by atoms with E-state index in [1.807, 2.05) is 12.1 Å². The molecule has 74 valence electrons. The second kappa shape index (κ2) is 3.42. The molecule has 0 radical (unpaired) electrons. The number of hydrogen-bond donors (Lipinski definition) is 2. The summed E-state index contributed by atoms with van der Waals surface area (Å²) >= 11 is 0. The fraction of sp³-hybridized carbons (Fsp3) is 0.364. The lowest BCUT2D eigenvalue weighted by Gasteiger charge is -2.22. The molecular weight excluding hydrogens is 176 g/mol. The predicted octanol–water partition coefficient (Wildman–Crippen LogP) is 0.602. The Hall–Kier alpha value is -1.35. The minimum absolute atomic E-state index is 0.227. The second-order valence-corrected chi connectivity index (χ2v) is 3.81. The normalized spacial score (nSPS) is 20.2. The SMILES string of the molecule is NC(=O)c1cccc2c1CC[C@H](N)C2. The summed E-state index contributed by atoms with van der Waals surface area (Å²) in [5, 5.41) is 0. The highest BCUT2D eigenvalue weighted by Gasteiger charge is 2.19. The standard InChI is InChI=1S/C11H14N2O/c12-8-4-5-9-7(6-8)2-1-3-10(9)11(13)14/h1-3,8H,4-6,12H2,(H2,13,14)/t8-/m0/s1. The molecule has 0 heterocycles. The van der Waals surface area contributed by atoms with Gasteiger partial charge in [-0.25, -0.2) is 0 Å². The van der Waals surface area contributed by atoms with E-state index in [9.17, 15) is 4.79 Å². The summed E-state index contributed by atoms with van der Waals surface area (Å²) in [7, 11) is 0. The maximum Gasteiger partial charge on any atom is 0.248 e. The Labute approximate surface area is 83.1 Å². The molecule has 0 saturated heterocycles. The summed E-state index contributed by atoms with van der Waals surface area (Å²) in [6, 6.07) is 5.92. The first-order valence-corrected chi connectivity index (χ1v) is 4.84. The van der Waals surface area contributed by atoms with Crippen molar-refractivity contribution in [1.82, 2.24) is 0 Å². The van der Waals surface area contributed by atoms with Gasteiger partial charge in [0.15, 0.2) is 0 Å². The molecule has 0 fully saturated rings. The second-order valence-electron chi connectivity index (χ2n) is 3.81. The van der Waals surface area contributed by atoms with Crippen LogP contribution in [0.3, 0.4) is 0 Å². The van der Waals surface area contributed by atoms with E-state index in [2.05, 4.69) is 0 Å². The Morgan fingerprint density at radius 3 is 2.93 bits per heavy atom. The molecule has 0 aromatic heterocycles. The third kappa shape index (κ3) is 1.51. The molecule has 3 nitrogen and oxygen atoms in total. The van der Waals surface area contributed by atoms with Crippen LogP contribution < -0.4 is 11.5 Å². The van der Waals surface area contributed by atoms with E-state index in [-0.39, 0.29) is 11.9 Å². The van der Waals surface area contributed by atoms with Gasteiger partial charge in [0.25, 0.3) is 0 Å².